The van der Waals surface area contributed by atoms with E-state index < -0.39 is 0 Å². The monoisotopic (exact) mass is 319 g/mol. The third-order valence-corrected chi connectivity index (χ3v) is 2.70. The molecule has 74 valence electrons. The summed E-state index contributed by atoms with van der Waals surface area (Å²) in [5.74, 6) is -0.273. The van der Waals surface area contributed by atoms with Crippen molar-refractivity contribution in [2.45, 2.75) is 0 Å². The predicted molar refractivity (Wildman–Crippen MR) is 60.2 cm³/mol. The average molecular weight is 321 g/mol. The van der Waals surface area contributed by atoms with Crippen molar-refractivity contribution in [3.63, 3.8) is 0 Å². The lowest BCUT2D eigenvalue weighted by atomic mass is 10.2. The van der Waals surface area contributed by atoms with Crippen LogP contribution in [0.25, 0.3) is 0 Å². The molecule has 0 saturated carbocycles. The van der Waals surface area contributed by atoms with Crippen molar-refractivity contribution < 1.29 is 9.59 Å². The molecule has 0 radical (unpaired) electrons. The fourth-order valence-corrected chi connectivity index (χ4v) is 1.69. The van der Waals surface area contributed by atoms with Crippen LogP contribution in [0.1, 0.15) is 10.4 Å². The lowest BCUT2D eigenvalue weighted by Gasteiger charge is -2.04. The van der Waals surface area contributed by atoms with Gasteiger partial charge in [-0.1, -0.05) is 15.9 Å². The van der Waals surface area contributed by atoms with Gasteiger partial charge in [0.2, 0.25) is 0 Å². The van der Waals surface area contributed by atoms with Crippen LogP contribution in [-0.4, -0.2) is 18.7 Å². The molecular formula is C9H7Br2NO2. The molecule has 1 aromatic rings. The smallest absolute Gasteiger partial charge is 0.252 e. The molecule has 1 aromatic carbocycles. The largest absolute Gasteiger partial charge is 0.345 e. The molecule has 0 aliphatic carbocycles. The average Bonchev–Trinajstić information content (AvgIpc) is 2.18. The molecule has 0 bridgehead atoms. The minimum absolute atomic E-state index is 0.0256. The molecule has 0 fully saturated rings. The van der Waals surface area contributed by atoms with E-state index in [9.17, 15) is 9.59 Å². The molecule has 0 saturated heterocycles. The van der Waals surface area contributed by atoms with Gasteiger partial charge in [0.1, 0.15) is 6.29 Å². The van der Waals surface area contributed by atoms with Gasteiger partial charge in [0.25, 0.3) is 5.91 Å². The summed E-state index contributed by atoms with van der Waals surface area (Å²) in [5, 5.41) is 2.46. The standard InChI is InChI=1S/C9H7Br2NO2/c10-6-1-2-8(11)7(5-6)9(14)12-3-4-13/h1-2,4-5H,3H2,(H,12,14). The lowest BCUT2D eigenvalue weighted by molar-refractivity contribution is -0.107. The number of carbonyl (C=O) groups is 2. The van der Waals surface area contributed by atoms with Gasteiger partial charge in [0, 0.05) is 8.95 Å². The van der Waals surface area contributed by atoms with E-state index in [0.29, 0.717) is 16.3 Å². The highest BCUT2D eigenvalue weighted by Gasteiger charge is 2.09. The quantitative estimate of drug-likeness (QED) is 0.867. The van der Waals surface area contributed by atoms with E-state index in [1.165, 1.54) is 0 Å². The molecule has 3 nitrogen and oxygen atoms in total. The van der Waals surface area contributed by atoms with Gasteiger partial charge < -0.3 is 10.1 Å². The Kier molecular flexibility index (Phi) is 4.28. The Morgan fingerprint density at radius 2 is 2.14 bits per heavy atom. The molecular weight excluding hydrogens is 314 g/mol. The molecule has 0 aliphatic heterocycles. The molecule has 5 heteroatoms. The molecule has 0 unspecified atom stereocenters. The number of carbonyl (C=O) groups excluding carboxylic acids is 2. The number of benzene rings is 1. The first-order valence-electron chi connectivity index (χ1n) is 3.82. The summed E-state index contributed by atoms with van der Waals surface area (Å²) in [6.07, 6.45) is 0.643. The molecule has 0 aromatic heterocycles. The summed E-state index contributed by atoms with van der Waals surface area (Å²) in [7, 11) is 0. The van der Waals surface area contributed by atoms with Gasteiger partial charge in [-0.25, -0.2) is 0 Å². The van der Waals surface area contributed by atoms with Crippen LogP contribution in [0.3, 0.4) is 0 Å². The molecule has 0 aliphatic rings. The SMILES string of the molecule is O=CCNC(=O)c1cc(Br)ccc1Br. The minimum Gasteiger partial charge on any atom is -0.345 e. The topological polar surface area (TPSA) is 46.2 Å². The van der Waals surface area contributed by atoms with Gasteiger partial charge in [-0.2, -0.15) is 0 Å². The van der Waals surface area contributed by atoms with E-state index in [4.69, 9.17) is 0 Å². The third-order valence-electron chi connectivity index (χ3n) is 1.52. The van der Waals surface area contributed by atoms with Gasteiger partial charge in [-0.15, -0.1) is 0 Å². The van der Waals surface area contributed by atoms with E-state index in [1.807, 2.05) is 6.07 Å². The van der Waals surface area contributed by atoms with Crippen molar-refractivity contribution in [1.29, 1.82) is 0 Å². The van der Waals surface area contributed by atoms with Crippen molar-refractivity contribution in [1.82, 2.24) is 5.32 Å². The number of nitrogens with one attached hydrogen (secondary N) is 1. The Morgan fingerprint density at radius 3 is 2.79 bits per heavy atom. The molecule has 1 amide bonds. The second-order valence-corrected chi connectivity index (χ2v) is 4.27. The van der Waals surface area contributed by atoms with Gasteiger partial charge in [0.05, 0.1) is 12.1 Å². The Hall–Kier alpha value is -0.680. The zero-order valence-electron chi connectivity index (χ0n) is 7.09. The van der Waals surface area contributed by atoms with Crippen molar-refractivity contribution in [3.05, 3.63) is 32.7 Å². The van der Waals surface area contributed by atoms with Crippen molar-refractivity contribution >= 4 is 44.1 Å². The van der Waals surface area contributed by atoms with E-state index in [1.54, 1.807) is 12.1 Å². The van der Waals surface area contributed by atoms with Crippen molar-refractivity contribution in [2.24, 2.45) is 0 Å². The van der Waals surface area contributed by atoms with Gasteiger partial charge in [-0.05, 0) is 34.1 Å². The molecule has 0 spiro atoms. The second kappa shape index (κ2) is 5.26. The predicted octanol–water partition coefficient (Wildman–Crippen LogP) is 2.14. The Labute approximate surface area is 98.1 Å². The van der Waals surface area contributed by atoms with Gasteiger partial charge >= 0.3 is 0 Å². The number of aldehydes is 1. The van der Waals surface area contributed by atoms with Gasteiger partial charge in [0.15, 0.2) is 0 Å². The summed E-state index contributed by atoms with van der Waals surface area (Å²) < 4.78 is 1.51. The van der Waals surface area contributed by atoms with E-state index in [-0.39, 0.29) is 12.5 Å². The third kappa shape index (κ3) is 2.92. The summed E-state index contributed by atoms with van der Waals surface area (Å²) in [4.78, 5) is 21.5. The van der Waals surface area contributed by atoms with Crippen LogP contribution in [0.5, 0.6) is 0 Å². The first-order valence-corrected chi connectivity index (χ1v) is 5.40. The van der Waals surface area contributed by atoms with Crippen molar-refractivity contribution in [3.8, 4) is 0 Å². The number of amides is 1. The maximum Gasteiger partial charge on any atom is 0.252 e. The zero-order valence-corrected chi connectivity index (χ0v) is 10.3. The fraction of sp³-hybridized carbons (Fsp3) is 0.111. The van der Waals surface area contributed by atoms with E-state index in [0.717, 1.165) is 4.47 Å². The van der Waals surface area contributed by atoms with Crippen LogP contribution in [0.4, 0.5) is 0 Å². The number of halogens is 2. The minimum atomic E-state index is -0.273. The highest BCUT2D eigenvalue weighted by molar-refractivity contribution is 9.11. The molecule has 1 rings (SSSR count). The first kappa shape index (κ1) is 11.4. The fourth-order valence-electron chi connectivity index (χ4n) is 0.901. The van der Waals surface area contributed by atoms with E-state index >= 15 is 0 Å². The zero-order chi connectivity index (χ0) is 10.6. The molecule has 1 N–H and O–H groups in total. The summed E-state index contributed by atoms with van der Waals surface area (Å²) in [6, 6.07) is 5.27. The normalized spacial score (nSPS) is 9.57. The Balaban J connectivity index is 2.88. The van der Waals surface area contributed by atoms with Crippen molar-refractivity contribution in [2.75, 3.05) is 6.54 Å². The van der Waals surface area contributed by atoms with Crippen LogP contribution in [-0.2, 0) is 4.79 Å². The van der Waals surface area contributed by atoms with Crippen LogP contribution >= 0.6 is 31.9 Å². The van der Waals surface area contributed by atoms with Crippen LogP contribution < -0.4 is 5.32 Å². The summed E-state index contributed by atoms with van der Waals surface area (Å²) >= 11 is 6.52. The first-order chi connectivity index (χ1) is 6.65. The highest BCUT2D eigenvalue weighted by atomic mass is 79.9. The molecule has 14 heavy (non-hydrogen) atoms. The van der Waals surface area contributed by atoms with Crippen LogP contribution in [0.2, 0.25) is 0 Å². The van der Waals surface area contributed by atoms with Crippen LogP contribution in [0, 0.1) is 0 Å². The van der Waals surface area contributed by atoms with Crippen LogP contribution in [0.15, 0.2) is 27.1 Å². The second-order valence-electron chi connectivity index (χ2n) is 2.50. The molecule has 0 heterocycles. The number of rotatable bonds is 3. The van der Waals surface area contributed by atoms with E-state index in [2.05, 4.69) is 37.2 Å². The lowest BCUT2D eigenvalue weighted by Crippen LogP contribution is -2.25. The number of hydrogen-bond donors (Lipinski definition) is 1. The maximum absolute atomic E-state index is 11.5. The highest BCUT2D eigenvalue weighted by Crippen LogP contribution is 2.21. The summed E-state index contributed by atoms with van der Waals surface area (Å²) in [6.45, 7) is 0.0256. The summed E-state index contributed by atoms with van der Waals surface area (Å²) in [5.41, 5.74) is 0.501. The number of hydrogen-bond acceptors (Lipinski definition) is 2. The maximum atomic E-state index is 11.5. The molecule has 0 atom stereocenters. The Morgan fingerprint density at radius 1 is 1.43 bits per heavy atom. The Bertz CT molecular complexity index is 366. The van der Waals surface area contributed by atoms with Gasteiger partial charge in [-0.3, -0.25) is 4.79 Å².